The van der Waals surface area contributed by atoms with Crippen molar-refractivity contribution in [3.63, 3.8) is 0 Å². The Balaban J connectivity index is 1.47. The highest BCUT2D eigenvalue weighted by molar-refractivity contribution is 8.33. The fourth-order valence-corrected chi connectivity index (χ4v) is 6.94. The van der Waals surface area contributed by atoms with E-state index in [0.29, 0.717) is 0 Å². The molecule has 0 bridgehead atoms. The van der Waals surface area contributed by atoms with Gasteiger partial charge in [0.25, 0.3) is 0 Å². The molecule has 0 saturated carbocycles. The summed E-state index contributed by atoms with van der Waals surface area (Å²) in [6.07, 6.45) is 4.81. The van der Waals surface area contributed by atoms with Crippen LogP contribution in [0.2, 0.25) is 0 Å². The fourth-order valence-electron chi connectivity index (χ4n) is 4.41. The van der Waals surface area contributed by atoms with Gasteiger partial charge < -0.3 is 9.31 Å². The van der Waals surface area contributed by atoms with Crippen LogP contribution in [0.3, 0.4) is 0 Å². The van der Waals surface area contributed by atoms with Gasteiger partial charge in [-0.15, -0.1) is 0 Å². The van der Waals surface area contributed by atoms with E-state index in [0.717, 1.165) is 5.46 Å². The monoisotopic (exact) mass is 416 g/mol. The Morgan fingerprint density at radius 1 is 0.667 bits per heavy atom. The number of fused-ring (bicyclic) bond motifs is 3. The van der Waals surface area contributed by atoms with Crippen molar-refractivity contribution in [1.29, 1.82) is 0 Å². The summed E-state index contributed by atoms with van der Waals surface area (Å²) in [5.41, 5.74) is 5.71. The molecule has 0 aliphatic carbocycles. The summed E-state index contributed by atoms with van der Waals surface area (Å²) < 4.78 is 12.4. The third-order valence-electron chi connectivity index (χ3n) is 7.03. The minimum atomic E-state index is -0.983. The SMILES string of the molecule is CC1(C)OB(c2ccc(-c3ccc4c(c3)S(C)(C)c3ccccc3-4)cc2)OC1(C)C. The predicted octanol–water partition coefficient (Wildman–Crippen LogP) is 6.12. The lowest BCUT2D eigenvalue weighted by molar-refractivity contribution is 0.00578. The van der Waals surface area contributed by atoms with Gasteiger partial charge in [-0.2, -0.15) is 10.0 Å². The lowest BCUT2D eigenvalue weighted by Crippen LogP contribution is -2.41. The zero-order valence-corrected chi connectivity index (χ0v) is 19.5. The molecule has 2 heterocycles. The summed E-state index contributed by atoms with van der Waals surface area (Å²) in [5.74, 6) is 0. The van der Waals surface area contributed by atoms with E-state index < -0.39 is 10.0 Å². The molecule has 1 fully saturated rings. The summed E-state index contributed by atoms with van der Waals surface area (Å²) in [5, 5.41) is 0. The molecule has 30 heavy (non-hydrogen) atoms. The molecule has 0 amide bonds. The standard InChI is InChI=1S/C26H29BO2S/c1-25(2)26(3,4)29-27(28-25)20-14-11-18(12-15-20)19-13-16-22-21-9-7-8-10-23(21)30(5,6)24(22)17-19/h7-17H,1-6H3. The second kappa shape index (κ2) is 6.50. The van der Waals surface area contributed by atoms with Gasteiger partial charge in [-0.25, -0.2) is 0 Å². The van der Waals surface area contributed by atoms with Crippen LogP contribution >= 0.6 is 10.0 Å². The molecule has 2 aliphatic rings. The van der Waals surface area contributed by atoms with Gasteiger partial charge in [0, 0.05) is 9.79 Å². The van der Waals surface area contributed by atoms with Crippen molar-refractivity contribution in [2.75, 3.05) is 12.5 Å². The Labute approximate surface area is 182 Å². The van der Waals surface area contributed by atoms with Crippen LogP contribution in [-0.4, -0.2) is 30.8 Å². The van der Waals surface area contributed by atoms with Crippen LogP contribution in [0.15, 0.2) is 76.5 Å². The van der Waals surface area contributed by atoms with Crippen LogP contribution in [0.5, 0.6) is 0 Å². The Morgan fingerprint density at radius 2 is 1.23 bits per heavy atom. The molecule has 3 aromatic rings. The first-order valence-corrected chi connectivity index (χ1v) is 13.0. The molecule has 0 radical (unpaired) electrons. The summed E-state index contributed by atoms with van der Waals surface area (Å²) in [6, 6.07) is 24.5. The van der Waals surface area contributed by atoms with E-state index in [-0.39, 0.29) is 18.3 Å². The van der Waals surface area contributed by atoms with Crippen molar-refractivity contribution in [1.82, 2.24) is 0 Å². The Bertz CT molecular complexity index is 1120. The van der Waals surface area contributed by atoms with Crippen molar-refractivity contribution < 1.29 is 9.31 Å². The Hall–Kier alpha value is -2.01. The van der Waals surface area contributed by atoms with Crippen molar-refractivity contribution >= 4 is 22.6 Å². The van der Waals surface area contributed by atoms with Gasteiger partial charge in [0.2, 0.25) is 0 Å². The molecular weight excluding hydrogens is 387 g/mol. The van der Waals surface area contributed by atoms with Crippen LogP contribution in [0.1, 0.15) is 27.7 Å². The van der Waals surface area contributed by atoms with Crippen molar-refractivity contribution in [3.05, 3.63) is 66.7 Å². The molecule has 0 atom stereocenters. The number of rotatable bonds is 2. The third kappa shape index (κ3) is 2.89. The van der Waals surface area contributed by atoms with E-state index in [9.17, 15) is 0 Å². The Morgan fingerprint density at radius 3 is 1.90 bits per heavy atom. The van der Waals surface area contributed by atoms with Crippen LogP contribution in [0.25, 0.3) is 22.3 Å². The van der Waals surface area contributed by atoms with Gasteiger partial charge >= 0.3 is 7.12 Å². The first-order valence-electron chi connectivity index (χ1n) is 10.5. The minimum absolute atomic E-state index is 0.318. The van der Waals surface area contributed by atoms with Gasteiger partial charge in [0.1, 0.15) is 0 Å². The lowest BCUT2D eigenvalue weighted by Gasteiger charge is -2.32. The predicted molar refractivity (Wildman–Crippen MR) is 129 cm³/mol. The van der Waals surface area contributed by atoms with Crippen molar-refractivity contribution in [2.24, 2.45) is 0 Å². The highest BCUT2D eigenvalue weighted by Crippen LogP contribution is 2.67. The first-order chi connectivity index (χ1) is 14.1. The molecule has 0 aromatic heterocycles. The highest BCUT2D eigenvalue weighted by Gasteiger charge is 2.51. The molecule has 5 rings (SSSR count). The second-order valence-corrected chi connectivity index (χ2v) is 13.3. The van der Waals surface area contributed by atoms with Gasteiger partial charge in [-0.3, -0.25) is 0 Å². The van der Waals surface area contributed by atoms with E-state index in [1.54, 1.807) is 0 Å². The van der Waals surface area contributed by atoms with Crippen LogP contribution in [0.4, 0.5) is 0 Å². The lowest BCUT2D eigenvalue weighted by atomic mass is 9.78. The van der Waals surface area contributed by atoms with Crippen LogP contribution < -0.4 is 5.46 Å². The maximum atomic E-state index is 6.20. The van der Waals surface area contributed by atoms with Crippen molar-refractivity contribution in [2.45, 2.75) is 48.7 Å². The van der Waals surface area contributed by atoms with Gasteiger partial charge in [0.15, 0.2) is 0 Å². The van der Waals surface area contributed by atoms with Gasteiger partial charge in [0.05, 0.1) is 11.2 Å². The van der Waals surface area contributed by atoms with Crippen molar-refractivity contribution in [3.8, 4) is 22.3 Å². The number of hydrogen-bond acceptors (Lipinski definition) is 2. The maximum absolute atomic E-state index is 6.20. The first kappa shape index (κ1) is 19.9. The second-order valence-electron chi connectivity index (χ2n) is 9.74. The third-order valence-corrected chi connectivity index (χ3v) is 9.92. The van der Waals surface area contributed by atoms with Gasteiger partial charge in [-0.1, -0.05) is 54.6 Å². The quantitative estimate of drug-likeness (QED) is 0.469. The largest absolute Gasteiger partial charge is 0.494 e. The number of hydrogen-bond donors (Lipinski definition) is 0. The summed E-state index contributed by atoms with van der Waals surface area (Å²) in [4.78, 5) is 2.98. The summed E-state index contributed by atoms with van der Waals surface area (Å²) in [7, 11) is -1.30. The molecule has 1 saturated heterocycles. The van der Waals surface area contributed by atoms with E-state index in [1.807, 2.05) is 0 Å². The topological polar surface area (TPSA) is 18.5 Å². The molecule has 0 unspecified atom stereocenters. The smallest absolute Gasteiger partial charge is 0.399 e. The molecule has 0 spiro atoms. The normalized spacial score (nSPS) is 21.2. The van der Waals surface area contributed by atoms with Gasteiger partial charge in [-0.05, 0) is 80.1 Å². The van der Waals surface area contributed by atoms with E-state index in [2.05, 4.69) is 107 Å². The van der Waals surface area contributed by atoms with Crippen LogP contribution in [-0.2, 0) is 9.31 Å². The molecule has 2 aliphatic heterocycles. The number of benzene rings is 3. The van der Waals surface area contributed by atoms with E-state index >= 15 is 0 Å². The summed E-state index contributed by atoms with van der Waals surface area (Å²) >= 11 is 0. The zero-order valence-electron chi connectivity index (χ0n) is 18.7. The minimum Gasteiger partial charge on any atom is -0.399 e. The molecule has 0 N–H and O–H groups in total. The van der Waals surface area contributed by atoms with Crippen LogP contribution in [0, 0.1) is 0 Å². The zero-order chi connectivity index (χ0) is 21.3. The molecule has 4 heteroatoms. The van der Waals surface area contributed by atoms with E-state index in [4.69, 9.17) is 9.31 Å². The fraction of sp³-hybridized carbons (Fsp3) is 0.308. The molecular formula is C26H29BO2S. The Kier molecular flexibility index (Phi) is 4.31. The average Bonchev–Trinajstić information content (AvgIpc) is 3.08. The molecule has 154 valence electrons. The molecule has 3 aromatic carbocycles. The average molecular weight is 416 g/mol. The highest BCUT2D eigenvalue weighted by atomic mass is 32.3. The molecule has 2 nitrogen and oxygen atoms in total. The summed E-state index contributed by atoms with van der Waals surface area (Å²) in [6.45, 7) is 8.37. The maximum Gasteiger partial charge on any atom is 0.494 e. The van der Waals surface area contributed by atoms with E-state index in [1.165, 1.54) is 32.0 Å².